The van der Waals surface area contributed by atoms with Gasteiger partial charge in [0.15, 0.2) is 0 Å². The third kappa shape index (κ3) is 4.10. The molecule has 3 rings (SSSR count). The highest BCUT2D eigenvalue weighted by Crippen LogP contribution is 2.14. The van der Waals surface area contributed by atoms with Crippen LogP contribution in [0, 0.1) is 0 Å². The lowest BCUT2D eigenvalue weighted by Crippen LogP contribution is -2.46. The molecule has 124 valence electrons. The summed E-state index contributed by atoms with van der Waals surface area (Å²) in [4.78, 5) is 30.7. The molecule has 0 saturated carbocycles. The standard InChI is InChI=1S/C15H17BrN4O2.ClH/c16-11-1-2-13-12(9-11)15(22)20(10-18-13)6-3-14(21)19-7-4-17-5-8-19;/h1-2,9-10,17H,3-8H2;1H. The third-order valence-corrected chi connectivity index (χ3v) is 4.32. The number of carbonyl (C=O) groups excluding carboxylic acids is 1. The van der Waals surface area contributed by atoms with Crippen molar-refractivity contribution < 1.29 is 4.79 Å². The maximum absolute atomic E-state index is 12.4. The molecule has 6 nitrogen and oxygen atoms in total. The summed E-state index contributed by atoms with van der Waals surface area (Å²) in [5, 5.41) is 3.78. The van der Waals surface area contributed by atoms with Crippen molar-refractivity contribution in [1.82, 2.24) is 19.8 Å². The van der Waals surface area contributed by atoms with Gasteiger partial charge >= 0.3 is 0 Å². The number of nitrogens with zero attached hydrogens (tertiary/aromatic N) is 3. The molecule has 0 bridgehead atoms. The molecule has 1 aromatic heterocycles. The molecule has 1 fully saturated rings. The Balaban J connectivity index is 0.00000192. The third-order valence-electron chi connectivity index (χ3n) is 3.82. The van der Waals surface area contributed by atoms with Crippen LogP contribution in [0.25, 0.3) is 10.9 Å². The number of halogens is 2. The minimum Gasteiger partial charge on any atom is -0.340 e. The lowest BCUT2D eigenvalue weighted by atomic mass is 10.2. The van der Waals surface area contributed by atoms with Gasteiger partial charge in [-0.15, -0.1) is 12.4 Å². The summed E-state index contributed by atoms with van der Waals surface area (Å²) < 4.78 is 2.35. The van der Waals surface area contributed by atoms with Gasteiger partial charge in [-0.2, -0.15) is 0 Å². The second-order valence-corrected chi connectivity index (χ2v) is 6.20. The zero-order chi connectivity index (χ0) is 15.5. The van der Waals surface area contributed by atoms with Crippen molar-refractivity contribution in [1.29, 1.82) is 0 Å². The Morgan fingerprint density at radius 3 is 2.78 bits per heavy atom. The van der Waals surface area contributed by atoms with Gasteiger partial charge in [0.2, 0.25) is 5.91 Å². The molecule has 8 heteroatoms. The van der Waals surface area contributed by atoms with Crippen LogP contribution in [-0.4, -0.2) is 46.5 Å². The molecule has 0 radical (unpaired) electrons. The Morgan fingerprint density at radius 1 is 1.30 bits per heavy atom. The van der Waals surface area contributed by atoms with Crippen LogP contribution >= 0.6 is 28.3 Å². The SMILES string of the molecule is Cl.O=C(CCn1cnc2ccc(Br)cc2c1=O)N1CCNCC1. The Labute approximate surface area is 148 Å². The van der Waals surface area contributed by atoms with Gasteiger partial charge in [-0.3, -0.25) is 14.2 Å². The fourth-order valence-corrected chi connectivity index (χ4v) is 2.94. The highest BCUT2D eigenvalue weighted by atomic mass is 79.9. The second-order valence-electron chi connectivity index (χ2n) is 5.29. The van der Waals surface area contributed by atoms with Crippen LogP contribution < -0.4 is 10.9 Å². The zero-order valence-corrected chi connectivity index (χ0v) is 14.9. The van der Waals surface area contributed by atoms with Gasteiger partial charge in [0.1, 0.15) is 0 Å². The second kappa shape index (κ2) is 7.90. The molecule has 1 saturated heterocycles. The molecule has 1 amide bonds. The maximum Gasteiger partial charge on any atom is 0.261 e. The monoisotopic (exact) mass is 400 g/mol. The fourth-order valence-electron chi connectivity index (χ4n) is 2.58. The van der Waals surface area contributed by atoms with Crippen molar-refractivity contribution in [2.24, 2.45) is 0 Å². The topological polar surface area (TPSA) is 67.2 Å². The van der Waals surface area contributed by atoms with E-state index >= 15 is 0 Å². The van der Waals surface area contributed by atoms with E-state index in [2.05, 4.69) is 26.2 Å². The van der Waals surface area contributed by atoms with E-state index in [0.717, 1.165) is 30.7 Å². The molecule has 1 aliphatic heterocycles. The molecule has 1 aliphatic rings. The summed E-state index contributed by atoms with van der Waals surface area (Å²) in [6, 6.07) is 5.42. The molecule has 2 heterocycles. The number of nitrogens with one attached hydrogen (secondary N) is 1. The number of benzene rings is 1. The van der Waals surface area contributed by atoms with Gasteiger partial charge in [-0.05, 0) is 18.2 Å². The number of aryl methyl sites for hydroxylation is 1. The highest BCUT2D eigenvalue weighted by Gasteiger charge is 2.16. The van der Waals surface area contributed by atoms with Crippen LogP contribution in [0.3, 0.4) is 0 Å². The number of hydrogen-bond acceptors (Lipinski definition) is 4. The molecular weight excluding hydrogens is 384 g/mol. The molecule has 0 aliphatic carbocycles. The highest BCUT2D eigenvalue weighted by molar-refractivity contribution is 9.10. The van der Waals surface area contributed by atoms with Gasteiger partial charge in [0.05, 0.1) is 17.2 Å². The van der Waals surface area contributed by atoms with Gasteiger partial charge in [-0.25, -0.2) is 4.98 Å². The van der Waals surface area contributed by atoms with Gasteiger partial charge in [-0.1, -0.05) is 15.9 Å². The number of hydrogen-bond donors (Lipinski definition) is 1. The normalized spacial score (nSPS) is 14.6. The average molecular weight is 402 g/mol. The van der Waals surface area contributed by atoms with Crippen molar-refractivity contribution in [3.8, 4) is 0 Å². The molecule has 0 spiro atoms. The fraction of sp³-hybridized carbons (Fsp3) is 0.400. The van der Waals surface area contributed by atoms with Gasteiger partial charge in [0, 0.05) is 43.6 Å². The Kier molecular flexibility index (Phi) is 6.15. The Bertz CT molecular complexity index is 759. The van der Waals surface area contributed by atoms with E-state index in [-0.39, 0.29) is 23.9 Å². The van der Waals surface area contributed by atoms with E-state index < -0.39 is 0 Å². The first-order chi connectivity index (χ1) is 10.6. The number of rotatable bonds is 3. The van der Waals surface area contributed by atoms with Crippen LogP contribution in [0.4, 0.5) is 0 Å². The molecule has 2 aromatic rings. The van der Waals surface area contributed by atoms with Crippen molar-refractivity contribution in [2.75, 3.05) is 26.2 Å². The van der Waals surface area contributed by atoms with Gasteiger partial charge < -0.3 is 10.2 Å². The summed E-state index contributed by atoms with van der Waals surface area (Å²) in [6.07, 6.45) is 1.84. The van der Waals surface area contributed by atoms with Crippen LogP contribution in [-0.2, 0) is 11.3 Å². The van der Waals surface area contributed by atoms with E-state index in [9.17, 15) is 9.59 Å². The molecule has 1 N–H and O–H groups in total. The van der Waals surface area contributed by atoms with E-state index in [1.165, 1.54) is 10.9 Å². The predicted octanol–water partition coefficient (Wildman–Crippen LogP) is 1.40. The first-order valence-corrected chi connectivity index (χ1v) is 8.07. The maximum atomic E-state index is 12.4. The molecule has 23 heavy (non-hydrogen) atoms. The summed E-state index contributed by atoms with van der Waals surface area (Å²) >= 11 is 3.36. The van der Waals surface area contributed by atoms with Crippen molar-refractivity contribution in [2.45, 2.75) is 13.0 Å². The molecular formula is C15H18BrClN4O2. The minimum absolute atomic E-state index is 0. The van der Waals surface area contributed by atoms with Crippen molar-refractivity contribution >= 4 is 45.1 Å². The first-order valence-electron chi connectivity index (χ1n) is 7.28. The summed E-state index contributed by atoms with van der Waals surface area (Å²) in [5.41, 5.74) is 0.553. The smallest absolute Gasteiger partial charge is 0.261 e. The van der Waals surface area contributed by atoms with Gasteiger partial charge in [0.25, 0.3) is 5.56 Å². The number of aromatic nitrogens is 2. The van der Waals surface area contributed by atoms with E-state index in [0.29, 0.717) is 23.9 Å². The summed E-state index contributed by atoms with van der Waals surface area (Å²) in [7, 11) is 0. The minimum atomic E-state index is -0.112. The number of fused-ring (bicyclic) bond motifs is 1. The van der Waals surface area contributed by atoms with Crippen LogP contribution in [0.5, 0.6) is 0 Å². The van der Waals surface area contributed by atoms with Crippen LogP contribution in [0.2, 0.25) is 0 Å². The van der Waals surface area contributed by atoms with Crippen molar-refractivity contribution in [3.63, 3.8) is 0 Å². The average Bonchev–Trinajstić information content (AvgIpc) is 2.55. The van der Waals surface area contributed by atoms with E-state index in [1.54, 1.807) is 12.1 Å². The summed E-state index contributed by atoms with van der Waals surface area (Å²) in [5.74, 6) is 0.0859. The molecule has 0 unspecified atom stereocenters. The molecule has 1 aromatic carbocycles. The Hall–Kier alpha value is -1.44. The number of piperazine rings is 1. The van der Waals surface area contributed by atoms with E-state index in [1.807, 2.05) is 11.0 Å². The predicted molar refractivity (Wildman–Crippen MR) is 95.0 cm³/mol. The zero-order valence-electron chi connectivity index (χ0n) is 12.5. The Morgan fingerprint density at radius 2 is 2.04 bits per heavy atom. The van der Waals surface area contributed by atoms with E-state index in [4.69, 9.17) is 0 Å². The lowest BCUT2D eigenvalue weighted by Gasteiger charge is -2.27. The first kappa shape index (κ1) is 17.9. The van der Waals surface area contributed by atoms with Crippen LogP contribution in [0.1, 0.15) is 6.42 Å². The van der Waals surface area contributed by atoms with Crippen molar-refractivity contribution in [3.05, 3.63) is 39.4 Å². The summed E-state index contributed by atoms with van der Waals surface area (Å²) in [6.45, 7) is 3.48. The largest absolute Gasteiger partial charge is 0.340 e. The number of amides is 1. The quantitative estimate of drug-likeness (QED) is 0.844. The molecule has 0 atom stereocenters. The number of carbonyl (C=O) groups is 1. The van der Waals surface area contributed by atoms with Crippen LogP contribution in [0.15, 0.2) is 33.8 Å². The lowest BCUT2D eigenvalue weighted by molar-refractivity contribution is -0.132.